The van der Waals surface area contributed by atoms with Crippen LogP contribution in [0.5, 0.6) is 0 Å². The van der Waals surface area contributed by atoms with E-state index in [1.54, 1.807) is 42.7 Å². The number of hydrogen-bond donors (Lipinski definition) is 2. The maximum absolute atomic E-state index is 14.7. The number of aromatic nitrogens is 3. The van der Waals surface area contributed by atoms with Crippen LogP contribution in [-0.4, -0.2) is 51.4 Å². The zero-order chi connectivity index (χ0) is 26.9. The van der Waals surface area contributed by atoms with E-state index in [1.165, 1.54) is 6.07 Å². The molecule has 0 unspecified atom stereocenters. The predicted octanol–water partition coefficient (Wildman–Crippen LogP) is 5.33. The fourth-order valence-electron chi connectivity index (χ4n) is 5.07. The molecule has 0 saturated carbocycles. The number of nitrogens with one attached hydrogen (secondary N) is 1. The minimum Gasteiger partial charge on any atom is -0.339 e. The maximum Gasteiger partial charge on any atom is 0.253 e. The Morgan fingerprint density at radius 2 is 1.85 bits per heavy atom. The van der Waals surface area contributed by atoms with Crippen molar-refractivity contribution < 1.29 is 9.18 Å². The summed E-state index contributed by atoms with van der Waals surface area (Å²) in [7, 11) is 0. The van der Waals surface area contributed by atoms with E-state index in [0.717, 1.165) is 41.0 Å². The van der Waals surface area contributed by atoms with Crippen LogP contribution in [0.3, 0.4) is 0 Å². The molecule has 2 aliphatic rings. The number of nitrogens with zero attached hydrogens (tertiary/aromatic N) is 5. The first kappa shape index (κ1) is 25.2. The Hall–Kier alpha value is -4.08. The summed E-state index contributed by atoms with van der Waals surface area (Å²) in [4.78, 5) is 30.2. The first-order chi connectivity index (χ1) is 19.0. The Morgan fingerprint density at radius 3 is 2.62 bits per heavy atom. The van der Waals surface area contributed by atoms with Crippen LogP contribution in [0.1, 0.15) is 28.8 Å². The van der Waals surface area contributed by atoms with Gasteiger partial charge in [-0.2, -0.15) is 0 Å². The van der Waals surface area contributed by atoms with E-state index in [9.17, 15) is 9.18 Å². The number of piperidine rings is 1. The second-order valence-electron chi connectivity index (χ2n) is 9.77. The van der Waals surface area contributed by atoms with Crippen molar-refractivity contribution in [1.29, 1.82) is 0 Å². The summed E-state index contributed by atoms with van der Waals surface area (Å²) in [5.74, 6) is 0.255. The third kappa shape index (κ3) is 5.15. The van der Waals surface area contributed by atoms with Gasteiger partial charge in [0.05, 0.1) is 11.4 Å². The van der Waals surface area contributed by atoms with Crippen LogP contribution in [0.4, 0.5) is 27.5 Å². The summed E-state index contributed by atoms with van der Waals surface area (Å²) < 4.78 is 14.7. The Morgan fingerprint density at radius 1 is 1.05 bits per heavy atom. The molecule has 10 heteroatoms. The second kappa shape index (κ2) is 10.6. The molecular weight excluding hydrogens is 517 g/mol. The average Bonchev–Trinajstić information content (AvgIpc) is 3.10. The van der Waals surface area contributed by atoms with Gasteiger partial charge in [-0.1, -0.05) is 11.6 Å². The fraction of sp³-hybridized carbons (Fsp3) is 0.241. The molecule has 2 aromatic heterocycles. The molecule has 2 aliphatic heterocycles. The number of anilines is 4. The Bertz CT molecular complexity index is 1520. The highest BCUT2D eigenvalue weighted by Crippen LogP contribution is 2.40. The third-order valence-electron chi connectivity index (χ3n) is 7.18. The number of likely N-dealkylation sites (tertiary alicyclic amines) is 1. The number of amides is 1. The first-order valence-electron chi connectivity index (χ1n) is 12.9. The Labute approximate surface area is 230 Å². The molecule has 4 aromatic rings. The molecule has 1 saturated heterocycles. The van der Waals surface area contributed by atoms with Crippen molar-refractivity contribution in [1.82, 2.24) is 19.9 Å². The molecule has 4 heterocycles. The molecular formula is C29H27ClFN7O. The molecule has 8 nitrogen and oxygen atoms in total. The number of nitrogens with two attached hydrogens (primary N) is 1. The third-order valence-corrected chi connectivity index (χ3v) is 7.42. The largest absolute Gasteiger partial charge is 0.339 e. The lowest BCUT2D eigenvalue weighted by atomic mass is 10.0. The molecule has 0 radical (unpaired) electrons. The standard InChI is InChI=1S/C29H27ClFN7O/c30-20-5-8-23-25(16-20)38(27-24(31)2-1-12-33-27)15-9-19-17-34-29(36-26(19)23)35-22-6-3-18(4-7-22)28(39)37-13-10-21(32)11-14-37/h1-8,12,16-17,21H,9-11,13-15,32H2,(H,34,35,36). The number of rotatable bonds is 4. The molecule has 198 valence electrons. The van der Waals surface area contributed by atoms with Gasteiger partial charge in [-0.15, -0.1) is 0 Å². The highest BCUT2D eigenvalue weighted by molar-refractivity contribution is 6.31. The van der Waals surface area contributed by atoms with Crippen molar-refractivity contribution in [3.63, 3.8) is 0 Å². The van der Waals surface area contributed by atoms with Gasteiger partial charge in [-0.3, -0.25) is 4.79 Å². The monoisotopic (exact) mass is 543 g/mol. The number of carbonyl (C=O) groups excluding carboxylic acids is 1. The van der Waals surface area contributed by atoms with E-state index in [1.807, 2.05) is 28.0 Å². The van der Waals surface area contributed by atoms with Crippen molar-refractivity contribution in [2.45, 2.75) is 25.3 Å². The van der Waals surface area contributed by atoms with Crippen LogP contribution >= 0.6 is 11.6 Å². The first-order valence-corrected chi connectivity index (χ1v) is 13.3. The molecule has 0 aliphatic carbocycles. The van der Waals surface area contributed by atoms with Gasteiger partial charge in [0.1, 0.15) is 0 Å². The highest BCUT2D eigenvalue weighted by Gasteiger charge is 2.26. The second-order valence-corrected chi connectivity index (χ2v) is 10.2. The van der Waals surface area contributed by atoms with Crippen LogP contribution in [0, 0.1) is 5.82 Å². The summed E-state index contributed by atoms with van der Waals surface area (Å²) in [6.45, 7) is 1.85. The minimum atomic E-state index is -0.409. The molecule has 39 heavy (non-hydrogen) atoms. The molecule has 6 rings (SSSR count). The summed E-state index contributed by atoms with van der Waals surface area (Å²) in [6, 6.07) is 15.9. The molecule has 0 atom stereocenters. The number of halogens is 2. The zero-order valence-corrected chi connectivity index (χ0v) is 21.9. The van der Waals surface area contributed by atoms with Crippen LogP contribution in [0.2, 0.25) is 5.02 Å². The van der Waals surface area contributed by atoms with Gasteiger partial charge >= 0.3 is 0 Å². The number of carbonyl (C=O) groups is 1. The SMILES string of the molecule is NC1CCN(C(=O)c2ccc(Nc3ncc4c(n3)-c3ccc(Cl)cc3N(c3ncccc3F)CC4)cc2)CC1. The van der Waals surface area contributed by atoms with Crippen LogP contribution < -0.4 is 16.0 Å². The van der Waals surface area contributed by atoms with Crippen molar-refractivity contribution in [3.8, 4) is 11.3 Å². The van der Waals surface area contributed by atoms with Gasteiger partial charge in [-0.25, -0.2) is 19.3 Å². The van der Waals surface area contributed by atoms with Gasteiger partial charge in [0.2, 0.25) is 5.95 Å². The number of pyridine rings is 1. The topological polar surface area (TPSA) is 100 Å². The number of hydrogen-bond acceptors (Lipinski definition) is 7. The van der Waals surface area contributed by atoms with E-state index in [4.69, 9.17) is 22.3 Å². The van der Waals surface area contributed by atoms with Gasteiger partial charge in [0, 0.05) is 59.9 Å². The smallest absolute Gasteiger partial charge is 0.253 e. The van der Waals surface area contributed by atoms with Crippen molar-refractivity contribution in [2.75, 3.05) is 29.9 Å². The van der Waals surface area contributed by atoms with Crippen molar-refractivity contribution in [3.05, 3.63) is 89.0 Å². The predicted molar refractivity (Wildman–Crippen MR) is 150 cm³/mol. The normalized spacial score (nSPS) is 15.4. The van der Waals surface area contributed by atoms with E-state index < -0.39 is 5.82 Å². The van der Waals surface area contributed by atoms with Gasteiger partial charge in [0.15, 0.2) is 11.6 Å². The summed E-state index contributed by atoms with van der Waals surface area (Å²) in [5.41, 5.74) is 10.6. The van der Waals surface area contributed by atoms with E-state index in [2.05, 4.69) is 15.3 Å². The van der Waals surface area contributed by atoms with Gasteiger partial charge in [0.25, 0.3) is 5.91 Å². The lowest BCUT2D eigenvalue weighted by Gasteiger charge is -2.30. The Balaban J connectivity index is 1.27. The van der Waals surface area contributed by atoms with Crippen LogP contribution in [-0.2, 0) is 6.42 Å². The molecule has 1 amide bonds. The van der Waals surface area contributed by atoms with Crippen LogP contribution in [0.25, 0.3) is 11.3 Å². The molecule has 0 spiro atoms. The molecule has 0 bridgehead atoms. The summed E-state index contributed by atoms with van der Waals surface area (Å²) in [6.07, 6.45) is 5.61. The molecule has 2 aromatic carbocycles. The molecule has 3 N–H and O–H groups in total. The van der Waals surface area contributed by atoms with Gasteiger partial charge < -0.3 is 20.9 Å². The van der Waals surface area contributed by atoms with E-state index in [-0.39, 0.29) is 17.8 Å². The van der Waals surface area contributed by atoms with E-state index in [0.29, 0.717) is 42.6 Å². The number of fused-ring (bicyclic) bond motifs is 3. The maximum atomic E-state index is 14.7. The Kier molecular flexibility index (Phi) is 6.85. The quantitative estimate of drug-likeness (QED) is 0.359. The fourth-order valence-corrected chi connectivity index (χ4v) is 5.24. The lowest BCUT2D eigenvalue weighted by Crippen LogP contribution is -2.42. The summed E-state index contributed by atoms with van der Waals surface area (Å²) >= 11 is 6.36. The lowest BCUT2D eigenvalue weighted by molar-refractivity contribution is 0.0715. The van der Waals surface area contributed by atoms with Crippen molar-refractivity contribution in [2.24, 2.45) is 5.73 Å². The average molecular weight is 544 g/mol. The van der Waals surface area contributed by atoms with Gasteiger partial charge in [-0.05, 0) is 79.4 Å². The van der Waals surface area contributed by atoms with Crippen LogP contribution in [0.15, 0.2) is 67.0 Å². The molecule has 1 fully saturated rings. The number of benzene rings is 2. The summed E-state index contributed by atoms with van der Waals surface area (Å²) in [5, 5.41) is 3.78. The zero-order valence-electron chi connectivity index (χ0n) is 21.1. The minimum absolute atomic E-state index is 0.0129. The van der Waals surface area contributed by atoms with Crippen molar-refractivity contribution >= 4 is 40.6 Å². The highest BCUT2D eigenvalue weighted by atomic mass is 35.5. The van der Waals surface area contributed by atoms with E-state index >= 15 is 0 Å².